The minimum atomic E-state index is -3.50. The molecule has 0 aliphatic heterocycles. The highest BCUT2D eigenvalue weighted by Crippen LogP contribution is 2.24. The molecule has 0 saturated heterocycles. The number of benzene rings is 1. The van der Waals surface area contributed by atoms with Crippen LogP contribution in [-0.4, -0.2) is 25.8 Å². The molecule has 1 atom stereocenters. The number of halogens is 1. The summed E-state index contributed by atoms with van der Waals surface area (Å²) in [6, 6.07) is 4.73. The van der Waals surface area contributed by atoms with Crippen LogP contribution in [0.3, 0.4) is 0 Å². The molecule has 0 aliphatic carbocycles. The first-order chi connectivity index (χ1) is 9.36. The topological polar surface area (TPSA) is 63.4 Å². The highest BCUT2D eigenvalue weighted by atomic mass is 35.5. The summed E-state index contributed by atoms with van der Waals surface area (Å²) in [5.74, 6) is 0.323. The molecule has 2 N–H and O–H groups in total. The molecule has 0 amide bonds. The van der Waals surface area contributed by atoms with Crippen LogP contribution in [0.25, 0.3) is 0 Å². The summed E-state index contributed by atoms with van der Waals surface area (Å²) in [7, 11) is -3.50. The van der Waals surface area contributed by atoms with Gasteiger partial charge < -0.3 is 5.73 Å². The van der Waals surface area contributed by atoms with E-state index in [0.29, 0.717) is 30.6 Å². The molecule has 0 saturated carbocycles. The van der Waals surface area contributed by atoms with Crippen LogP contribution in [0, 0.1) is 5.92 Å². The van der Waals surface area contributed by atoms with E-state index in [1.165, 1.54) is 10.4 Å². The fourth-order valence-electron chi connectivity index (χ4n) is 1.88. The quantitative estimate of drug-likeness (QED) is 0.840. The summed E-state index contributed by atoms with van der Waals surface area (Å²) in [4.78, 5) is 0.227. The van der Waals surface area contributed by atoms with Crippen LogP contribution in [0.15, 0.2) is 23.1 Å². The van der Waals surface area contributed by atoms with E-state index in [1.54, 1.807) is 12.1 Å². The Hall–Kier alpha value is -0.620. The van der Waals surface area contributed by atoms with E-state index in [-0.39, 0.29) is 4.90 Å². The lowest BCUT2D eigenvalue weighted by atomic mass is 10.1. The summed E-state index contributed by atoms with van der Waals surface area (Å²) >= 11 is 6.05. The van der Waals surface area contributed by atoms with E-state index >= 15 is 0 Å². The first kappa shape index (κ1) is 17.4. The van der Waals surface area contributed by atoms with E-state index in [1.807, 2.05) is 13.8 Å². The Labute approximate surface area is 127 Å². The van der Waals surface area contributed by atoms with Crippen molar-refractivity contribution in [3.05, 3.63) is 28.8 Å². The largest absolute Gasteiger partial charge is 0.326 e. The van der Waals surface area contributed by atoms with Crippen LogP contribution >= 0.6 is 11.6 Å². The molecule has 0 fully saturated rings. The van der Waals surface area contributed by atoms with Gasteiger partial charge in [0, 0.05) is 24.7 Å². The number of nitrogens with zero attached hydrogens (tertiary/aromatic N) is 1. The summed E-state index contributed by atoms with van der Waals surface area (Å²) in [5.41, 5.74) is 6.28. The highest BCUT2D eigenvalue weighted by molar-refractivity contribution is 7.89. The SMILES string of the molecule is CCC(C)CN(CC)S(=O)(=O)c1ccc(CN)c(Cl)c1. The Bertz CT molecular complexity index is 546. The number of rotatable bonds is 7. The first-order valence-electron chi connectivity index (χ1n) is 6.85. The Kier molecular flexibility index (Phi) is 6.45. The molecule has 0 spiro atoms. The van der Waals surface area contributed by atoms with Gasteiger partial charge in [-0.25, -0.2) is 8.42 Å². The summed E-state index contributed by atoms with van der Waals surface area (Å²) < 4.78 is 26.7. The van der Waals surface area contributed by atoms with Crippen molar-refractivity contribution in [3.63, 3.8) is 0 Å². The van der Waals surface area contributed by atoms with Gasteiger partial charge in [-0.05, 0) is 23.6 Å². The van der Waals surface area contributed by atoms with Crippen molar-refractivity contribution in [1.82, 2.24) is 4.31 Å². The Morgan fingerprint density at radius 2 is 2.00 bits per heavy atom. The fourth-order valence-corrected chi connectivity index (χ4v) is 3.79. The van der Waals surface area contributed by atoms with Crippen molar-refractivity contribution < 1.29 is 8.42 Å². The molecule has 1 aromatic rings. The van der Waals surface area contributed by atoms with Crippen LogP contribution in [0.5, 0.6) is 0 Å². The van der Waals surface area contributed by atoms with Gasteiger partial charge in [-0.1, -0.05) is 44.9 Å². The minimum Gasteiger partial charge on any atom is -0.326 e. The van der Waals surface area contributed by atoms with Gasteiger partial charge in [-0.15, -0.1) is 0 Å². The number of hydrogen-bond donors (Lipinski definition) is 1. The molecule has 1 unspecified atom stereocenters. The Balaban J connectivity index is 3.10. The van der Waals surface area contributed by atoms with Gasteiger partial charge in [0.15, 0.2) is 0 Å². The normalized spacial score (nSPS) is 13.7. The highest BCUT2D eigenvalue weighted by Gasteiger charge is 2.24. The molecule has 4 nitrogen and oxygen atoms in total. The third-order valence-electron chi connectivity index (χ3n) is 3.45. The molecule has 114 valence electrons. The number of sulfonamides is 1. The third kappa shape index (κ3) is 3.95. The maximum Gasteiger partial charge on any atom is 0.243 e. The zero-order valence-corrected chi connectivity index (χ0v) is 13.8. The van der Waals surface area contributed by atoms with Gasteiger partial charge in [0.2, 0.25) is 10.0 Å². The Morgan fingerprint density at radius 1 is 1.35 bits per heavy atom. The van der Waals surface area contributed by atoms with Crippen LogP contribution in [0.2, 0.25) is 5.02 Å². The lowest BCUT2D eigenvalue weighted by Crippen LogP contribution is -2.34. The second-order valence-electron chi connectivity index (χ2n) is 4.93. The minimum absolute atomic E-state index is 0.227. The summed E-state index contributed by atoms with van der Waals surface area (Å²) in [5, 5.41) is 0.396. The maximum absolute atomic E-state index is 12.6. The van der Waals surface area contributed by atoms with Gasteiger partial charge >= 0.3 is 0 Å². The molecule has 1 rings (SSSR count). The summed E-state index contributed by atoms with van der Waals surface area (Å²) in [6.45, 7) is 7.20. The second kappa shape index (κ2) is 7.41. The molecule has 0 radical (unpaired) electrons. The van der Waals surface area contributed by atoms with Crippen molar-refractivity contribution in [2.24, 2.45) is 11.7 Å². The molecular weight excluding hydrogens is 296 g/mol. The van der Waals surface area contributed by atoms with Crippen molar-refractivity contribution in [1.29, 1.82) is 0 Å². The van der Waals surface area contributed by atoms with Crippen LogP contribution in [0.1, 0.15) is 32.8 Å². The van der Waals surface area contributed by atoms with Crippen molar-refractivity contribution in [2.75, 3.05) is 13.1 Å². The fraction of sp³-hybridized carbons (Fsp3) is 0.571. The molecule has 0 bridgehead atoms. The van der Waals surface area contributed by atoms with Crippen LogP contribution in [0.4, 0.5) is 0 Å². The van der Waals surface area contributed by atoms with Crippen LogP contribution in [-0.2, 0) is 16.6 Å². The van der Waals surface area contributed by atoms with Gasteiger partial charge in [-0.3, -0.25) is 0 Å². The van der Waals surface area contributed by atoms with Gasteiger partial charge in [-0.2, -0.15) is 4.31 Å². The van der Waals surface area contributed by atoms with Gasteiger partial charge in [0.05, 0.1) is 4.90 Å². The summed E-state index contributed by atoms with van der Waals surface area (Å²) in [6.07, 6.45) is 0.943. The van der Waals surface area contributed by atoms with Crippen LogP contribution < -0.4 is 5.73 Å². The van der Waals surface area contributed by atoms with E-state index in [4.69, 9.17) is 17.3 Å². The smallest absolute Gasteiger partial charge is 0.243 e. The first-order valence-corrected chi connectivity index (χ1v) is 8.67. The average Bonchev–Trinajstić information content (AvgIpc) is 2.43. The van der Waals surface area contributed by atoms with Gasteiger partial charge in [0.1, 0.15) is 0 Å². The third-order valence-corrected chi connectivity index (χ3v) is 5.74. The molecular formula is C14H23ClN2O2S. The standard InChI is InChI=1S/C14H23ClN2O2S/c1-4-11(3)10-17(5-2)20(18,19)13-7-6-12(9-16)14(15)8-13/h6-8,11H,4-5,9-10,16H2,1-3H3. The van der Waals surface area contributed by atoms with Gasteiger partial charge in [0.25, 0.3) is 0 Å². The predicted molar refractivity (Wildman–Crippen MR) is 83.2 cm³/mol. The van der Waals surface area contributed by atoms with Crippen molar-refractivity contribution >= 4 is 21.6 Å². The zero-order valence-electron chi connectivity index (χ0n) is 12.3. The zero-order chi connectivity index (χ0) is 15.3. The average molecular weight is 319 g/mol. The van der Waals surface area contributed by atoms with Crippen molar-refractivity contribution in [3.8, 4) is 0 Å². The maximum atomic E-state index is 12.6. The van der Waals surface area contributed by atoms with E-state index in [2.05, 4.69) is 6.92 Å². The Morgan fingerprint density at radius 3 is 2.45 bits per heavy atom. The molecule has 0 heterocycles. The lowest BCUT2D eigenvalue weighted by molar-refractivity contribution is 0.361. The predicted octanol–water partition coefficient (Wildman–Crippen LogP) is 2.86. The molecule has 1 aromatic carbocycles. The molecule has 6 heteroatoms. The monoisotopic (exact) mass is 318 g/mol. The second-order valence-corrected chi connectivity index (χ2v) is 7.27. The number of hydrogen-bond acceptors (Lipinski definition) is 3. The number of nitrogens with two attached hydrogens (primary N) is 1. The molecule has 0 aliphatic rings. The van der Waals surface area contributed by atoms with E-state index in [9.17, 15) is 8.42 Å². The lowest BCUT2D eigenvalue weighted by Gasteiger charge is -2.23. The van der Waals surface area contributed by atoms with Crippen molar-refractivity contribution in [2.45, 2.75) is 38.6 Å². The molecule has 20 heavy (non-hydrogen) atoms. The van der Waals surface area contributed by atoms with E-state index in [0.717, 1.165) is 12.0 Å². The molecule has 0 aromatic heterocycles. The van der Waals surface area contributed by atoms with E-state index < -0.39 is 10.0 Å².